The van der Waals surface area contributed by atoms with Crippen molar-refractivity contribution >= 4 is 11.8 Å². The number of benzene rings is 1. The topological polar surface area (TPSA) is 21.7 Å². The SMILES string of the molecule is Fc1ccc(O[C@H]2CCOC2)c([C@@H]2C[C@@H](F)CN2Cl)c1. The van der Waals surface area contributed by atoms with Crippen LogP contribution >= 0.6 is 11.8 Å². The van der Waals surface area contributed by atoms with Gasteiger partial charge in [0, 0.05) is 24.9 Å². The molecular weight excluding hydrogens is 288 g/mol. The van der Waals surface area contributed by atoms with Crippen molar-refractivity contribution in [2.75, 3.05) is 19.8 Å². The van der Waals surface area contributed by atoms with Crippen molar-refractivity contribution in [3.8, 4) is 5.75 Å². The van der Waals surface area contributed by atoms with Crippen LogP contribution in [-0.4, -0.2) is 36.5 Å². The third-order valence-corrected chi connectivity index (χ3v) is 4.08. The number of hydrogen-bond donors (Lipinski definition) is 0. The van der Waals surface area contributed by atoms with Crippen LogP contribution in [-0.2, 0) is 4.74 Å². The summed E-state index contributed by atoms with van der Waals surface area (Å²) in [6.45, 7) is 1.34. The first-order valence-electron chi connectivity index (χ1n) is 6.74. The molecule has 3 rings (SSSR count). The van der Waals surface area contributed by atoms with E-state index < -0.39 is 6.17 Å². The highest BCUT2D eigenvalue weighted by atomic mass is 35.5. The minimum atomic E-state index is -0.997. The second kappa shape index (κ2) is 5.84. The molecule has 0 radical (unpaired) electrons. The van der Waals surface area contributed by atoms with Gasteiger partial charge in [-0.25, -0.2) is 13.2 Å². The summed E-state index contributed by atoms with van der Waals surface area (Å²) in [5.74, 6) is 0.189. The van der Waals surface area contributed by atoms with Crippen LogP contribution in [0.3, 0.4) is 0 Å². The molecule has 3 atom stereocenters. The first kappa shape index (κ1) is 14.0. The molecule has 110 valence electrons. The monoisotopic (exact) mass is 303 g/mol. The smallest absolute Gasteiger partial charge is 0.124 e. The molecule has 2 aliphatic rings. The summed E-state index contributed by atoms with van der Waals surface area (Å²) in [6.07, 6.45) is 0.0245. The van der Waals surface area contributed by atoms with Crippen molar-refractivity contribution in [2.24, 2.45) is 0 Å². The standard InChI is InChI=1S/C14H16ClF2NO2/c15-18-7-10(17)6-13(18)12-5-9(16)1-2-14(12)20-11-3-4-19-8-11/h1-2,5,10-11,13H,3-4,6-8H2/t10-,11+,13+/m1/s1. The summed E-state index contributed by atoms with van der Waals surface area (Å²) in [4.78, 5) is 0. The highest BCUT2D eigenvalue weighted by molar-refractivity contribution is 6.13. The van der Waals surface area contributed by atoms with Crippen molar-refractivity contribution in [1.29, 1.82) is 0 Å². The summed E-state index contributed by atoms with van der Waals surface area (Å²) in [5, 5.41) is 0. The fourth-order valence-electron chi connectivity index (χ4n) is 2.70. The van der Waals surface area contributed by atoms with Crippen LogP contribution < -0.4 is 4.74 Å². The summed E-state index contributed by atoms with van der Waals surface area (Å²) in [6, 6.07) is 3.94. The van der Waals surface area contributed by atoms with E-state index in [0.717, 1.165) is 6.42 Å². The predicted octanol–water partition coefficient (Wildman–Crippen LogP) is 3.23. The molecule has 20 heavy (non-hydrogen) atoms. The van der Waals surface area contributed by atoms with E-state index in [1.807, 2.05) is 0 Å². The molecule has 0 N–H and O–H groups in total. The number of halogens is 3. The van der Waals surface area contributed by atoms with E-state index in [4.69, 9.17) is 21.3 Å². The Hall–Kier alpha value is -0.910. The molecule has 2 fully saturated rings. The Bertz CT molecular complexity index is 482. The van der Waals surface area contributed by atoms with Gasteiger partial charge in [0.05, 0.1) is 19.3 Å². The Morgan fingerprint density at radius 3 is 2.90 bits per heavy atom. The Kier molecular flexibility index (Phi) is 4.10. The predicted molar refractivity (Wildman–Crippen MR) is 71.1 cm³/mol. The van der Waals surface area contributed by atoms with E-state index in [0.29, 0.717) is 24.5 Å². The zero-order chi connectivity index (χ0) is 14.1. The molecule has 1 aromatic rings. The molecule has 0 aliphatic carbocycles. The highest BCUT2D eigenvalue weighted by Gasteiger charge is 2.34. The highest BCUT2D eigenvalue weighted by Crippen LogP contribution is 2.40. The van der Waals surface area contributed by atoms with Gasteiger partial charge in [-0.3, -0.25) is 0 Å². The average Bonchev–Trinajstić information content (AvgIpc) is 3.01. The second-order valence-corrected chi connectivity index (χ2v) is 5.65. The summed E-state index contributed by atoms with van der Waals surface area (Å²) < 4.78 is 39.5. The van der Waals surface area contributed by atoms with E-state index >= 15 is 0 Å². The van der Waals surface area contributed by atoms with Crippen molar-refractivity contribution < 1.29 is 18.3 Å². The lowest BCUT2D eigenvalue weighted by molar-refractivity contribution is 0.139. The van der Waals surface area contributed by atoms with Gasteiger partial charge in [0.1, 0.15) is 23.8 Å². The second-order valence-electron chi connectivity index (χ2n) is 5.22. The Morgan fingerprint density at radius 1 is 1.40 bits per heavy atom. The van der Waals surface area contributed by atoms with Gasteiger partial charge in [-0.2, -0.15) is 0 Å². The van der Waals surface area contributed by atoms with Gasteiger partial charge in [-0.15, -0.1) is 0 Å². The first-order chi connectivity index (χ1) is 9.63. The molecule has 2 saturated heterocycles. The molecule has 0 amide bonds. The fourth-order valence-corrected chi connectivity index (χ4v) is 3.03. The van der Waals surface area contributed by atoms with Crippen LogP contribution in [0.1, 0.15) is 24.4 Å². The fraction of sp³-hybridized carbons (Fsp3) is 0.571. The summed E-state index contributed by atoms with van der Waals surface area (Å²) >= 11 is 6.04. The normalized spacial score (nSPS) is 30.9. The lowest BCUT2D eigenvalue weighted by Gasteiger charge is -2.22. The number of ether oxygens (including phenoxy) is 2. The molecule has 3 nitrogen and oxygen atoms in total. The van der Waals surface area contributed by atoms with Gasteiger partial charge in [0.2, 0.25) is 0 Å². The van der Waals surface area contributed by atoms with Crippen LogP contribution in [0.25, 0.3) is 0 Å². The Morgan fingerprint density at radius 2 is 2.25 bits per heavy atom. The molecule has 0 bridgehead atoms. The zero-order valence-corrected chi connectivity index (χ0v) is 11.7. The van der Waals surface area contributed by atoms with Crippen molar-refractivity contribution in [2.45, 2.75) is 31.2 Å². The maximum atomic E-state index is 13.5. The van der Waals surface area contributed by atoms with Gasteiger partial charge in [0.25, 0.3) is 0 Å². The van der Waals surface area contributed by atoms with E-state index in [2.05, 4.69) is 0 Å². The third-order valence-electron chi connectivity index (χ3n) is 3.70. The molecule has 0 saturated carbocycles. The van der Waals surface area contributed by atoms with Gasteiger partial charge in [0.15, 0.2) is 0 Å². The van der Waals surface area contributed by atoms with Gasteiger partial charge < -0.3 is 9.47 Å². The van der Waals surface area contributed by atoms with E-state index in [1.165, 1.54) is 16.6 Å². The average molecular weight is 304 g/mol. The third kappa shape index (κ3) is 2.90. The van der Waals surface area contributed by atoms with Gasteiger partial charge in [-0.05, 0) is 30.0 Å². The zero-order valence-electron chi connectivity index (χ0n) is 10.9. The summed E-state index contributed by atoms with van der Waals surface area (Å²) in [5.41, 5.74) is 0.604. The van der Waals surface area contributed by atoms with Crippen molar-refractivity contribution in [3.05, 3.63) is 29.6 Å². The van der Waals surface area contributed by atoms with Crippen molar-refractivity contribution in [3.63, 3.8) is 0 Å². The molecule has 0 unspecified atom stereocenters. The van der Waals surface area contributed by atoms with Gasteiger partial charge >= 0.3 is 0 Å². The van der Waals surface area contributed by atoms with Crippen LogP contribution in [0.4, 0.5) is 8.78 Å². The molecule has 0 aromatic heterocycles. The van der Waals surface area contributed by atoms with Crippen LogP contribution in [0, 0.1) is 5.82 Å². The minimum Gasteiger partial charge on any atom is -0.488 e. The van der Waals surface area contributed by atoms with E-state index in [1.54, 1.807) is 6.07 Å². The van der Waals surface area contributed by atoms with E-state index in [-0.39, 0.29) is 30.9 Å². The molecule has 2 aliphatic heterocycles. The number of rotatable bonds is 3. The molecule has 6 heteroatoms. The lowest BCUT2D eigenvalue weighted by Crippen LogP contribution is -2.19. The van der Waals surface area contributed by atoms with Crippen LogP contribution in [0.15, 0.2) is 18.2 Å². The number of nitrogens with zero attached hydrogens (tertiary/aromatic N) is 1. The van der Waals surface area contributed by atoms with Crippen LogP contribution in [0.2, 0.25) is 0 Å². The quantitative estimate of drug-likeness (QED) is 0.800. The molecular formula is C14H16ClF2NO2. The lowest BCUT2D eigenvalue weighted by atomic mass is 10.0. The Labute approximate surface area is 121 Å². The molecule has 2 heterocycles. The van der Waals surface area contributed by atoms with Gasteiger partial charge in [-0.1, -0.05) is 0 Å². The first-order valence-corrected chi connectivity index (χ1v) is 7.07. The summed E-state index contributed by atoms with van der Waals surface area (Å²) in [7, 11) is 0. The minimum absolute atomic E-state index is 0.0365. The number of alkyl halides is 1. The van der Waals surface area contributed by atoms with E-state index in [9.17, 15) is 8.78 Å². The van der Waals surface area contributed by atoms with Crippen molar-refractivity contribution in [1.82, 2.24) is 4.42 Å². The maximum Gasteiger partial charge on any atom is 0.124 e. The molecule has 0 spiro atoms. The molecule has 1 aromatic carbocycles. The Balaban J connectivity index is 1.85. The maximum absolute atomic E-state index is 13.5. The largest absolute Gasteiger partial charge is 0.488 e. The number of hydrogen-bond acceptors (Lipinski definition) is 3. The van der Waals surface area contributed by atoms with Crippen LogP contribution in [0.5, 0.6) is 5.75 Å².